The highest BCUT2D eigenvalue weighted by atomic mass is 19.1. The van der Waals surface area contributed by atoms with Gasteiger partial charge in [0, 0.05) is 6.42 Å². The second-order valence-corrected chi connectivity index (χ2v) is 4.80. The smallest absolute Gasteiger partial charge is 0.162 e. The van der Waals surface area contributed by atoms with E-state index >= 15 is 0 Å². The molecule has 0 saturated carbocycles. The van der Waals surface area contributed by atoms with Gasteiger partial charge >= 0.3 is 0 Å². The first-order valence-corrected chi connectivity index (χ1v) is 7.79. The summed E-state index contributed by atoms with van der Waals surface area (Å²) in [6.45, 7) is 10.0. The Bertz CT molecular complexity index is 522. The van der Waals surface area contributed by atoms with Gasteiger partial charge in [0.25, 0.3) is 0 Å². The third-order valence-electron chi connectivity index (χ3n) is 2.95. The van der Waals surface area contributed by atoms with Gasteiger partial charge in [-0.1, -0.05) is 64.4 Å². The van der Waals surface area contributed by atoms with Gasteiger partial charge in [0.05, 0.1) is 6.04 Å². The van der Waals surface area contributed by atoms with Gasteiger partial charge in [-0.05, 0) is 12.5 Å². The van der Waals surface area contributed by atoms with Crippen molar-refractivity contribution in [2.75, 3.05) is 0 Å². The number of rotatable bonds is 1. The fraction of sp³-hybridized carbons (Fsp3) is 0.529. The predicted octanol–water partition coefficient (Wildman–Crippen LogP) is 5.03. The third-order valence-corrected chi connectivity index (χ3v) is 2.95. The van der Waals surface area contributed by atoms with Crippen LogP contribution in [-0.4, -0.2) is 14.8 Å². The summed E-state index contributed by atoms with van der Waals surface area (Å²) in [4.78, 5) is 4.12. The van der Waals surface area contributed by atoms with Gasteiger partial charge in [-0.3, -0.25) is 0 Å². The van der Waals surface area contributed by atoms with E-state index in [0.717, 1.165) is 5.56 Å². The molecular formula is C17H26FN3. The van der Waals surface area contributed by atoms with Crippen molar-refractivity contribution in [1.82, 2.24) is 14.8 Å². The van der Waals surface area contributed by atoms with Crippen LogP contribution < -0.4 is 0 Å². The fourth-order valence-electron chi connectivity index (χ4n) is 2.24. The maximum Gasteiger partial charge on any atom is 0.162 e. The zero-order chi connectivity index (χ0) is 15.8. The molecule has 2 aromatic rings. The van der Waals surface area contributed by atoms with Gasteiger partial charge in [-0.2, -0.15) is 5.10 Å². The maximum atomic E-state index is 13.7. The van der Waals surface area contributed by atoms with Crippen LogP contribution >= 0.6 is 0 Å². The Kier molecular flexibility index (Phi) is 7.06. The van der Waals surface area contributed by atoms with Gasteiger partial charge in [0.2, 0.25) is 0 Å². The molecule has 0 N–H and O–H groups in total. The van der Waals surface area contributed by atoms with Crippen LogP contribution in [0.4, 0.5) is 4.39 Å². The summed E-state index contributed by atoms with van der Waals surface area (Å²) in [7, 11) is 0. The summed E-state index contributed by atoms with van der Waals surface area (Å²) < 4.78 is 15.5. The highest BCUT2D eigenvalue weighted by Gasteiger charge is 2.34. The summed E-state index contributed by atoms with van der Waals surface area (Å²) >= 11 is 0. The molecule has 4 heteroatoms. The molecule has 0 spiro atoms. The molecule has 0 bridgehead atoms. The molecule has 3 nitrogen and oxygen atoms in total. The van der Waals surface area contributed by atoms with Crippen LogP contribution in [-0.2, 0) is 0 Å². The Balaban J connectivity index is 0.000000395. The molecule has 2 heterocycles. The van der Waals surface area contributed by atoms with E-state index in [9.17, 15) is 4.39 Å². The average molecular weight is 291 g/mol. The molecular weight excluding hydrogens is 265 g/mol. The van der Waals surface area contributed by atoms with Crippen LogP contribution in [0, 0.1) is 6.92 Å². The largest absolute Gasteiger partial charge is 0.239 e. The van der Waals surface area contributed by atoms with E-state index in [1.807, 2.05) is 44.2 Å². The van der Waals surface area contributed by atoms with E-state index in [1.165, 1.54) is 6.42 Å². The first-order valence-electron chi connectivity index (χ1n) is 7.79. The topological polar surface area (TPSA) is 30.7 Å². The highest BCUT2D eigenvalue weighted by Crippen LogP contribution is 2.38. The summed E-state index contributed by atoms with van der Waals surface area (Å²) in [6, 6.07) is 9.88. The van der Waals surface area contributed by atoms with Crippen LogP contribution in [0.5, 0.6) is 0 Å². The molecule has 1 aromatic carbocycles. The molecule has 2 unspecified atom stereocenters. The monoisotopic (exact) mass is 291 g/mol. The third kappa shape index (κ3) is 4.13. The van der Waals surface area contributed by atoms with Crippen molar-refractivity contribution < 1.29 is 4.39 Å². The number of halogens is 1. The summed E-state index contributed by atoms with van der Waals surface area (Å²) in [6.07, 6.45) is 0.700. The van der Waals surface area contributed by atoms with Crippen LogP contribution in [0.2, 0.25) is 0 Å². The first-order chi connectivity index (χ1) is 10.2. The zero-order valence-corrected chi connectivity index (χ0v) is 13.7. The Morgan fingerprint density at radius 3 is 2.33 bits per heavy atom. The summed E-state index contributed by atoms with van der Waals surface area (Å²) in [5.74, 6) is 1.10. The lowest BCUT2D eigenvalue weighted by atomic mass is 10.0. The van der Waals surface area contributed by atoms with Crippen molar-refractivity contribution in [3.05, 3.63) is 47.5 Å². The molecule has 2 atom stereocenters. The minimum absolute atomic E-state index is 0.00704. The summed E-state index contributed by atoms with van der Waals surface area (Å²) in [5, 5.41) is 4.26. The van der Waals surface area contributed by atoms with Gasteiger partial charge in [-0.15, -0.1) is 0 Å². The van der Waals surface area contributed by atoms with E-state index in [1.54, 1.807) is 11.6 Å². The number of fused-ring (bicyclic) bond motifs is 1. The van der Waals surface area contributed by atoms with Crippen LogP contribution in [0.1, 0.15) is 70.0 Å². The average Bonchev–Trinajstić information content (AvgIpc) is 3.02. The number of nitrogens with zero attached hydrogens (tertiary/aromatic N) is 3. The van der Waals surface area contributed by atoms with Crippen molar-refractivity contribution in [2.24, 2.45) is 0 Å². The first kappa shape index (κ1) is 17.3. The number of hydrogen-bond donors (Lipinski definition) is 0. The quantitative estimate of drug-likeness (QED) is 0.737. The normalized spacial score (nSPS) is 19.0. The number of aromatic nitrogens is 3. The van der Waals surface area contributed by atoms with E-state index in [2.05, 4.69) is 23.9 Å². The van der Waals surface area contributed by atoms with Gasteiger partial charge in [0.1, 0.15) is 5.82 Å². The van der Waals surface area contributed by atoms with Crippen molar-refractivity contribution in [3.8, 4) is 0 Å². The van der Waals surface area contributed by atoms with E-state index in [0.29, 0.717) is 18.1 Å². The molecule has 0 saturated heterocycles. The number of hydrogen-bond acceptors (Lipinski definition) is 2. The molecule has 0 aliphatic carbocycles. The lowest BCUT2D eigenvalue weighted by molar-refractivity contribution is 0.328. The minimum atomic E-state index is -0.994. The SMILES string of the molecule is CC.CCC.Cc1nc2n(n1)C(c1ccccc1)CC2F. The van der Waals surface area contributed by atoms with Gasteiger partial charge < -0.3 is 0 Å². The van der Waals surface area contributed by atoms with Gasteiger partial charge in [-0.25, -0.2) is 14.1 Å². The minimum Gasteiger partial charge on any atom is -0.239 e. The Morgan fingerprint density at radius 2 is 1.76 bits per heavy atom. The van der Waals surface area contributed by atoms with E-state index in [-0.39, 0.29) is 6.04 Å². The number of alkyl halides is 1. The molecule has 1 aliphatic heterocycles. The Morgan fingerprint density at radius 1 is 1.19 bits per heavy atom. The molecule has 3 rings (SSSR count). The second-order valence-electron chi connectivity index (χ2n) is 4.80. The molecule has 1 aliphatic rings. The Hall–Kier alpha value is -1.71. The van der Waals surface area contributed by atoms with E-state index in [4.69, 9.17) is 0 Å². The maximum absolute atomic E-state index is 13.7. The van der Waals surface area contributed by atoms with Crippen LogP contribution in [0.15, 0.2) is 30.3 Å². The second kappa shape index (κ2) is 8.55. The molecule has 21 heavy (non-hydrogen) atoms. The lowest BCUT2D eigenvalue weighted by Gasteiger charge is -2.10. The van der Waals surface area contributed by atoms with E-state index < -0.39 is 6.17 Å². The molecule has 0 amide bonds. The highest BCUT2D eigenvalue weighted by molar-refractivity contribution is 5.23. The van der Waals surface area contributed by atoms with Crippen molar-refractivity contribution >= 4 is 0 Å². The van der Waals surface area contributed by atoms with Crippen molar-refractivity contribution in [1.29, 1.82) is 0 Å². The number of aryl methyl sites for hydroxylation is 1. The fourth-order valence-corrected chi connectivity index (χ4v) is 2.24. The molecule has 1 aromatic heterocycles. The molecule has 0 fully saturated rings. The van der Waals surface area contributed by atoms with Crippen LogP contribution in [0.25, 0.3) is 0 Å². The zero-order valence-electron chi connectivity index (χ0n) is 13.7. The summed E-state index contributed by atoms with van der Waals surface area (Å²) in [5.41, 5.74) is 1.09. The van der Waals surface area contributed by atoms with Crippen molar-refractivity contribution in [3.63, 3.8) is 0 Å². The van der Waals surface area contributed by atoms with Crippen LogP contribution in [0.3, 0.4) is 0 Å². The molecule has 0 radical (unpaired) electrons. The lowest BCUT2D eigenvalue weighted by Crippen LogP contribution is -2.07. The van der Waals surface area contributed by atoms with Crippen molar-refractivity contribution in [2.45, 2.75) is 59.7 Å². The number of benzene rings is 1. The molecule has 116 valence electrons. The Labute approximate surface area is 127 Å². The van der Waals surface area contributed by atoms with Gasteiger partial charge in [0.15, 0.2) is 12.0 Å². The standard InChI is InChI=1S/C12H12FN3.C3H8.C2H6/c1-8-14-12-10(13)7-11(16(12)15-8)9-5-3-2-4-6-9;1-3-2;1-2/h2-6,10-11H,7H2,1H3;3H2,1-2H3;1-2H3. The predicted molar refractivity (Wildman–Crippen MR) is 85.1 cm³/mol.